The molecule has 2 aliphatic heterocycles. The average Bonchev–Trinajstić information content (AvgIpc) is 3.07. The van der Waals surface area contributed by atoms with E-state index in [4.69, 9.17) is 27.9 Å². The molecule has 0 radical (unpaired) electrons. The molecule has 2 nitrogen and oxygen atoms in total. The van der Waals surface area contributed by atoms with Crippen LogP contribution >= 0.6 is 23.2 Å². The standard InChI is InChI=1S/C27H27Cl2NO/c1-19-5-4-6-20(15-19)9-12-30-13-10-27(11-14-30)25-8-3-2-7-24(25)26(31-27)21-16-22(28)18-23(29)17-21/h2-8,15-18,26H,9-14H2,1H3. The van der Waals surface area contributed by atoms with E-state index in [9.17, 15) is 0 Å². The summed E-state index contributed by atoms with van der Waals surface area (Å²) < 4.78 is 6.84. The Balaban J connectivity index is 1.32. The topological polar surface area (TPSA) is 12.5 Å². The molecule has 3 aromatic carbocycles. The molecule has 5 rings (SSSR count). The van der Waals surface area contributed by atoms with Crippen LogP contribution in [0.4, 0.5) is 0 Å². The summed E-state index contributed by atoms with van der Waals surface area (Å²) in [5.74, 6) is 0. The lowest BCUT2D eigenvalue weighted by Gasteiger charge is -2.40. The molecule has 31 heavy (non-hydrogen) atoms. The Morgan fingerprint density at radius 2 is 1.68 bits per heavy atom. The number of benzene rings is 3. The van der Waals surface area contributed by atoms with Crippen molar-refractivity contribution >= 4 is 23.2 Å². The summed E-state index contributed by atoms with van der Waals surface area (Å²) in [6.07, 6.45) is 2.98. The Labute approximate surface area is 194 Å². The zero-order chi connectivity index (χ0) is 21.4. The summed E-state index contributed by atoms with van der Waals surface area (Å²) in [5, 5.41) is 1.30. The Hall–Kier alpha value is -1.84. The molecule has 1 spiro atoms. The zero-order valence-corrected chi connectivity index (χ0v) is 19.3. The van der Waals surface area contributed by atoms with E-state index < -0.39 is 0 Å². The van der Waals surface area contributed by atoms with Crippen LogP contribution in [0, 0.1) is 6.92 Å². The van der Waals surface area contributed by atoms with Crippen LogP contribution < -0.4 is 0 Å². The molecule has 0 amide bonds. The third-order valence-electron chi connectivity index (χ3n) is 6.73. The maximum Gasteiger partial charge on any atom is 0.109 e. The highest BCUT2D eigenvalue weighted by molar-refractivity contribution is 6.34. The minimum Gasteiger partial charge on any atom is -0.358 e. The van der Waals surface area contributed by atoms with E-state index >= 15 is 0 Å². The minimum atomic E-state index is -0.226. The third kappa shape index (κ3) is 4.27. The fraction of sp³-hybridized carbons (Fsp3) is 0.333. The first-order valence-corrected chi connectivity index (χ1v) is 11.8. The van der Waals surface area contributed by atoms with Gasteiger partial charge in [0.2, 0.25) is 0 Å². The summed E-state index contributed by atoms with van der Waals surface area (Å²) in [5.41, 5.74) is 6.13. The van der Waals surface area contributed by atoms with E-state index in [2.05, 4.69) is 60.4 Å². The summed E-state index contributed by atoms with van der Waals surface area (Å²) >= 11 is 12.6. The van der Waals surface area contributed by atoms with Gasteiger partial charge in [0, 0.05) is 29.7 Å². The molecule has 160 valence electrons. The number of ether oxygens (including phenoxy) is 1. The van der Waals surface area contributed by atoms with Gasteiger partial charge in [0.05, 0.1) is 5.60 Å². The number of halogens is 2. The molecule has 1 fully saturated rings. The number of fused-ring (bicyclic) bond motifs is 2. The molecule has 1 atom stereocenters. The third-order valence-corrected chi connectivity index (χ3v) is 7.16. The zero-order valence-electron chi connectivity index (χ0n) is 17.8. The minimum absolute atomic E-state index is 0.119. The van der Waals surface area contributed by atoms with Gasteiger partial charge < -0.3 is 9.64 Å². The second-order valence-electron chi connectivity index (χ2n) is 8.86. The summed E-state index contributed by atoms with van der Waals surface area (Å²) in [6.45, 7) is 5.34. The highest BCUT2D eigenvalue weighted by Crippen LogP contribution is 2.51. The lowest BCUT2D eigenvalue weighted by atomic mass is 9.83. The maximum atomic E-state index is 6.84. The van der Waals surface area contributed by atoms with Crippen LogP contribution in [0.5, 0.6) is 0 Å². The summed E-state index contributed by atoms with van der Waals surface area (Å²) in [6, 6.07) is 23.2. The predicted octanol–water partition coefficient (Wildman–Crippen LogP) is 6.96. The molecule has 4 heteroatoms. The second-order valence-corrected chi connectivity index (χ2v) is 9.74. The molecule has 0 N–H and O–H groups in total. The number of piperidine rings is 1. The van der Waals surface area contributed by atoms with E-state index in [0.717, 1.165) is 44.5 Å². The van der Waals surface area contributed by atoms with Crippen LogP contribution in [0.25, 0.3) is 0 Å². The number of hydrogen-bond acceptors (Lipinski definition) is 2. The van der Waals surface area contributed by atoms with Gasteiger partial charge in [-0.1, -0.05) is 77.3 Å². The van der Waals surface area contributed by atoms with Gasteiger partial charge in [-0.25, -0.2) is 0 Å². The van der Waals surface area contributed by atoms with Crippen molar-refractivity contribution in [3.05, 3.63) is 105 Å². The molecule has 1 saturated heterocycles. The van der Waals surface area contributed by atoms with Crippen LogP contribution in [-0.2, 0) is 16.8 Å². The van der Waals surface area contributed by atoms with Gasteiger partial charge in [-0.15, -0.1) is 0 Å². The van der Waals surface area contributed by atoms with E-state index in [-0.39, 0.29) is 11.7 Å². The molecule has 3 aromatic rings. The highest BCUT2D eigenvalue weighted by Gasteiger charge is 2.46. The fourth-order valence-electron chi connectivity index (χ4n) is 5.15. The Kier molecular flexibility index (Phi) is 5.83. The van der Waals surface area contributed by atoms with Gasteiger partial charge in [0.15, 0.2) is 0 Å². The Bertz CT molecular complexity index is 1070. The molecule has 0 bridgehead atoms. The van der Waals surface area contributed by atoms with E-state index in [1.165, 1.54) is 22.3 Å². The first-order chi connectivity index (χ1) is 15.0. The highest BCUT2D eigenvalue weighted by atomic mass is 35.5. The number of aryl methyl sites for hydroxylation is 1. The lowest BCUT2D eigenvalue weighted by Crippen LogP contribution is -2.43. The SMILES string of the molecule is Cc1cccc(CCN2CCC3(CC2)OC(c2cc(Cl)cc(Cl)c2)c2ccccc23)c1. The lowest BCUT2D eigenvalue weighted by molar-refractivity contribution is -0.0966. The normalized spacial score (nSPS) is 20.2. The van der Waals surface area contributed by atoms with Gasteiger partial charge in [-0.2, -0.15) is 0 Å². The molecule has 0 aromatic heterocycles. The van der Waals surface area contributed by atoms with Crippen molar-refractivity contribution in [2.75, 3.05) is 19.6 Å². The molecular weight excluding hydrogens is 425 g/mol. The van der Waals surface area contributed by atoms with E-state index in [1.54, 1.807) is 6.07 Å². The van der Waals surface area contributed by atoms with Crippen LogP contribution in [-0.4, -0.2) is 24.5 Å². The van der Waals surface area contributed by atoms with Crippen LogP contribution in [0.2, 0.25) is 10.0 Å². The fourth-order valence-corrected chi connectivity index (χ4v) is 5.69. The average molecular weight is 452 g/mol. The van der Waals surface area contributed by atoms with Crippen molar-refractivity contribution in [1.82, 2.24) is 4.90 Å². The van der Waals surface area contributed by atoms with Gasteiger partial charge in [0.25, 0.3) is 0 Å². The molecule has 2 aliphatic rings. The van der Waals surface area contributed by atoms with Crippen molar-refractivity contribution < 1.29 is 4.74 Å². The maximum absolute atomic E-state index is 6.84. The Morgan fingerprint density at radius 3 is 2.42 bits per heavy atom. The van der Waals surface area contributed by atoms with E-state index in [0.29, 0.717) is 10.0 Å². The van der Waals surface area contributed by atoms with Crippen molar-refractivity contribution in [2.45, 2.75) is 37.9 Å². The predicted molar refractivity (Wildman–Crippen MR) is 128 cm³/mol. The van der Waals surface area contributed by atoms with E-state index in [1.807, 2.05) is 12.1 Å². The summed E-state index contributed by atoms with van der Waals surface area (Å²) in [4.78, 5) is 2.57. The van der Waals surface area contributed by atoms with Crippen molar-refractivity contribution in [2.24, 2.45) is 0 Å². The van der Waals surface area contributed by atoms with Gasteiger partial charge >= 0.3 is 0 Å². The molecule has 1 unspecified atom stereocenters. The van der Waals surface area contributed by atoms with Gasteiger partial charge in [-0.3, -0.25) is 0 Å². The largest absolute Gasteiger partial charge is 0.358 e. The second kappa shape index (κ2) is 8.60. The number of rotatable bonds is 4. The first-order valence-electron chi connectivity index (χ1n) is 11.0. The number of nitrogens with zero attached hydrogens (tertiary/aromatic N) is 1. The number of likely N-dealkylation sites (tertiary alicyclic amines) is 1. The van der Waals surface area contributed by atoms with Crippen LogP contribution in [0.1, 0.15) is 46.8 Å². The van der Waals surface area contributed by atoms with Gasteiger partial charge in [0.1, 0.15) is 6.10 Å². The quantitative estimate of drug-likeness (QED) is 0.425. The molecule has 2 heterocycles. The summed E-state index contributed by atoms with van der Waals surface area (Å²) in [7, 11) is 0. The van der Waals surface area contributed by atoms with Gasteiger partial charge in [-0.05, 0) is 66.6 Å². The van der Waals surface area contributed by atoms with Crippen molar-refractivity contribution in [1.29, 1.82) is 0 Å². The first kappa shape index (κ1) is 21.0. The number of hydrogen-bond donors (Lipinski definition) is 0. The monoisotopic (exact) mass is 451 g/mol. The molecule has 0 saturated carbocycles. The Morgan fingerprint density at radius 1 is 0.935 bits per heavy atom. The van der Waals surface area contributed by atoms with Crippen molar-refractivity contribution in [3.8, 4) is 0 Å². The molecular formula is C27H27Cl2NO. The van der Waals surface area contributed by atoms with Crippen molar-refractivity contribution in [3.63, 3.8) is 0 Å². The van der Waals surface area contributed by atoms with Crippen LogP contribution in [0.15, 0.2) is 66.7 Å². The smallest absolute Gasteiger partial charge is 0.109 e. The molecule has 0 aliphatic carbocycles. The van der Waals surface area contributed by atoms with Crippen LogP contribution in [0.3, 0.4) is 0 Å².